The van der Waals surface area contributed by atoms with Crippen LogP contribution >= 0.6 is 0 Å². The fourth-order valence-electron chi connectivity index (χ4n) is 0. The van der Waals surface area contributed by atoms with Crippen LogP contribution in [0.3, 0.4) is 0 Å². The Hall–Kier alpha value is -1.34. The van der Waals surface area contributed by atoms with Crippen LogP contribution in [0.4, 0.5) is 4.79 Å². The van der Waals surface area contributed by atoms with E-state index in [9.17, 15) is 9.59 Å². The number of primary amides is 1. The van der Waals surface area contributed by atoms with E-state index in [1.54, 1.807) is 5.43 Å². The second kappa shape index (κ2) is 6.78. The third kappa shape index (κ3) is 17.7. The Labute approximate surface area is 63.0 Å². The third-order valence-electron chi connectivity index (χ3n) is 0.500. The van der Waals surface area contributed by atoms with Gasteiger partial charge in [-0.3, -0.25) is 5.43 Å². The highest BCUT2D eigenvalue weighted by Crippen LogP contribution is 1.73. The summed E-state index contributed by atoms with van der Waals surface area (Å²) in [5.41, 5.74) is 6.08. The molecule has 0 aromatic carbocycles. The van der Waals surface area contributed by atoms with E-state index < -0.39 is 18.1 Å². The lowest BCUT2D eigenvalue weighted by atomic mass is 10.4. The van der Waals surface area contributed by atoms with Crippen molar-refractivity contribution in [3.63, 3.8) is 0 Å². The average molecular weight is 165 g/mol. The molecule has 7 heteroatoms. The van der Waals surface area contributed by atoms with Crippen LogP contribution in [0.15, 0.2) is 0 Å². The van der Waals surface area contributed by atoms with Crippen LogP contribution in [0.2, 0.25) is 0 Å². The van der Waals surface area contributed by atoms with Crippen molar-refractivity contribution < 1.29 is 19.8 Å². The maximum Gasteiger partial charge on any atom is 0.332 e. The highest BCUT2D eigenvalue weighted by atomic mass is 16.4. The van der Waals surface area contributed by atoms with Gasteiger partial charge in [0.05, 0.1) is 0 Å². The largest absolute Gasteiger partial charge is 0.479 e. The van der Waals surface area contributed by atoms with Crippen molar-refractivity contribution >= 4 is 12.0 Å². The molecule has 0 fully saturated rings. The molecule has 7 N–H and O–H groups in total. The molecule has 0 rings (SSSR count). The van der Waals surface area contributed by atoms with Gasteiger partial charge in [-0.1, -0.05) is 0 Å². The SMILES string of the molecule is CC(O)C(=O)O.NNC(N)=O. The fourth-order valence-corrected chi connectivity index (χ4v) is 0. The number of nitrogens with two attached hydrogens (primary N) is 2. The summed E-state index contributed by atoms with van der Waals surface area (Å²) in [5, 5.41) is 15.8. The molecule has 0 heterocycles. The number of aliphatic hydroxyl groups is 1. The van der Waals surface area contributed by atoms with Gasteiger partial charge in [-0.25, -0.2) is 15.4 Å². The number of aliphatic carboxylic acids is 1. The molecule has 0 radical (unpaired) electrons. The van der Waals surface area contributed by atoms with Gasteiger partial charge in [0.1, 0.15) is 6.10 Å². The number of carboxylic acids is 1. The first kappa shape index (κ1) is 12.3. The number of hydrazine groups is 1. The lowest BCUT2D eigenvalue weighted by Gasteiger charge is -1.89. The van der Waals surface area contributed by atoms with Crippen molar-refractivity contribution in [2.75, 3.05) is 0 Å². The number of carbonyl (C=O) groups excluding carboxylic acids is 1. The summed E-state index contributed by atoms with van der Waals surface area (Å²) in [5.74, 6) is 3.26. The molecule has 7 nitrogen and oxygen atoms in total. The van der Waals surface area contributed by atoms with Gasteiger partial charge < -0.3 is 15.9 Å². The Morgan fingerprint density at radius 2 is 1.73 bits per heavy atom. The summed E-state index contributed by atoms with van der Waals surface area (Å²) >= 11 is 0. The Morgan fingerprint density at radius 3 is 1.73 bits per heavy atom. The zero-order valence-corrected chi connectivity index (χ0v) is 5.94. The smallest absolute Gasteiger partial charge is 0.332 e. The first-order chi connectivity index (χ1) is 4.91. The molecule has 0 saturated heterocycles. The molecule has 2 amide bonds. The van der Waals surface area contributed by atoms with E-state index in [4.69, 9.17) is 10.2 Å². The Morgan fingerprint density at radius 1 is 1.55 bits per heavy atom. The predicted molar refractivity (Wildman–Crippen MR) is 36.2 cm³/mol. The number of carbonyl (C=O) groups is 2. The van der Waals surface area contributed by atoms with Crippen molar-refractivity contribution in [2.45, 2.75) is 13.0 Å². The normalized spacial score (nSPS) is 10.5. The summed E-state index contributed by atoms with van der Waals surface area (Å²) in [7, 11) is 0. The van der Waals surface area contributed by atoms with Crippen LogP contribution in [0, 0.1) is 0 Å². The zero-order chi connectivity index (χ0) is 9.44. The molecule has 0 aromatic heterocycles. The van der Waals surface area contributed by atoms with Crippen LogP contribution in [0.5, 0.6) is 0 Å². The molecular weight excluding hydrogens is 154 g/mol. The number of carboxylic acid groups (broad SMARTS) is 1. The molecule has 1 unspecified atom stereocenters. The van der Waals surface area contributed by atoms with Gasteiger partial charge in [-0.15, -0.1) is 0 Å². The second-order valence-electron chi connectivity index (χ2n) is 1.52. The predicted octanol–water partition coefficient (Wildman–Crippen LogP) is -2.02. The van der Waals surface area contributed by atoms with Gasteiger partial charge >= 0.3 is 12.0 Å². The molecule has 0 aliphatic carbocycles. The van der Waals surface area contributed by atoms with Gasteiger partial charge in [0.15, 0.2) is 0 Å². The van der Waals surface area contributed by atoms with E-state index in [1.807, 2.05) is 0 Å². The third-order valence-corrected chi connectivity index (χ3v) is 0.500. The van der Waals surface area contributed by atoms with E-state index in [1.165, 1.54) is 6.92 Å². The van der Waals surface area contributed by atoms with E-state index >= 15 is 0 Å². The standard InChI is InChI=1S/C3H6O3.CH5N3O/c1-2(4)3(5)6;2-1(5)4-3/h2,4H,1H3,(H,5,6);3H2,(H3,2,4,5). The molecule has 0 aliphatic rings. The van der Waals surface area contributed by atoms with Gasteiger partial charge in [0.2, 0.25) is 0 Å². The number of aliphatic hydroxyl groups excluding tert-OH is 1. The summed E-state index contributed by atoms with van der Waals surface area (Å²) in [4.78, 5) is 18.8. The summed E-state index contributed by atoms with van der Waals surface area (Å²) in [6, 6.07) is -0.718. The van der Waals surface area contributed by atoms with Gasteiger partial charge in [0.25, 0.3) is 0 Å². The maximum absolute atomic E-state index is 9.45. The topological polar surface area (TPSA) is 139 Å². The van der Waals surface area contributed by atoms with Crippen molar-refractivity contribution in [3.05, 3.63) is 0 Å². The van der Waals surface area contributed by atoms with Crippen LogP contribution in [0.25, 0.3) is 0 Å². The Kier molecular flexibility index (Phi) is 7.61. The molecule has 1 atom stereocenters. The second-order valence-corrected chi connectivity index (χ2v) is 1.52. The van der Waals surface area contributed by atoms with Gasteiger partial charge in [-0.2, -0.15) is 0 Å². The van der Waals surface area contributed by atoms with Crippen LogP contribution in [-0.2, 0) is 4.79 Å². The van der Waals surface area contributed by atoms with E-state index in [-0.39, 0.29) is 0 Å². The zero-order valence-electron chi connectivity index (χ0n) is 5.94. The molecule has 0 aliphatic heterocycles. The number of rotatable bonds is 1. The van der Waals surface area contributed by atoms with Crippen LogP contribution < -0.4 is 17.0 Å². The lowest BCUT2D eigenvalue weighted by molar-refractivity contribution is -0.145. The summed E-state index contributed by atoms with van der Waals surface area (Å²) in [6.45, 7) is 1.20. The van der Waals surface area contributed by atoms with Crippen LogP contribution in [-0.4, -0.2) is 28.3 Å². The molecule has 0 bridgehead atoms. The molecule has 66 valence electrons. The van der Waals surface area contributed by atoms with Crippen molar-refractivity contribution in [1.82, 2.24) is 5.43 Å². The molecular formula is C4H11N3O4. The van der Waals surface area contributed by atoms with Crippen molar-refractivity contribution in [1.29, 1.82) is 0 Å². The molecule has 0 spiro atoms. The summed E-state index contributed by atoms with van der Waals surface area (Å²) < 4.78 is 0. The fraction of sp³-hybridized carbons (Fsp3) is 0.500. The minimum absolute atomic E-state index is 0.718. The number of urea groups is 1. The first-order valence-electron chi connectivity index (χ1n) is 2.58. The molecule has 0 aromatic rings. The molecule has 0 saturated carbocycles. The van der Waals surface area contributed by atoms with Crippen LogP contribution in [0.1, 0.15) is 6.92 Å². The van der Waals surface area contributed by atoms with Crippen molar-refractivity contribution in [3.8, 4) is 0 Å². The first-order valence-corrected chi connectivity index (χ1v) is 2.58. The van der Waals surface area contributed by atoms with E-state index in [0.29, 0.717) is 0 Å². The monoisotopic (exact) mass is 165 g/mol. The maximum atomic E-state index is 9.45. The minimum atomic E-state index is -1.23. The highest BCUT2D eigenvalue weighted by Gasteiger charge is 2.01. The van der Waals surface area contributed by atoms with Crippen molar-refractivity contribution in [2.24, 2.45) is 11.6 Å². The molecule has 11 heavy (non-hydrogen) atoms. The van der Waals surface area contributed by atoms with Gasteiger partial charge in [0, 0.05) is 0 Å². The number of hydrogen-bond donors (Lipinski definition) is 5. The number of nitrogens with one attached hydrogen (secondary N) is 1. The number of amides is 2. The van der Waals surface area contributed by atoms with E-state index in [0.717, 1.165) is 0 Å². The van der Waals surface area contributed by atoms with Gasteiger partial charge in [-0.05, 0) is 6.92 Å². The Balaban J connectivity index is 0. The Bertz CT molecular complexity index is 135. The highest BCUT2D eigenvalue weighted by molar-refractivity contribution is 5.71. The minimum Gasteiger partial charge on any atom is -0.479 e. The lowest BCUT2D eigenvalue weighted by Crippen LogP contribution is -2.34. The summed E-state index contributed by atoms with van der Waals surface area (Å²) in [6.07, 6.45) is -1.23. The quantitative estimate of drug-likeness (QED) is 0.173. The average Bonchev–Trinajstić information content (AvgIpc) is 1.89. The number of hydrogen-bond acceptors (Lipinski definition) is 4. The van der Waals surface area contributed by atoms with E-state index in [2.05, 4.69) is 11.6 Å².